The maximum atomic E-state index is 8.63. The zero-order valence-electron chi connectivity index (χ0n) is 8.72. The zero-order valence-corrected chi connectivity index (χ0v) is 10.7. The maximum absolute atomic E-state index is 8.63. The van der Waals surface area contributed by atoms with Gasteiger partial charge >= 0.3 is 66.4 Å². The van der Waals surface area contributed by atoms with Crippen molar-refractivity contribution in [1.29, 1.82) is 0 Å². The average molecular weight is 209 g/mol. The number of hydrogen-bond donors (Lipinski definition) is 2. The predicted molar refractivity (Wildman–Crippen MR) is 64.3 cm³/mol. The van der Waals surface area contributed by atoms with Crippen LogP contribution in [0.25, 0.3) is 0 Å². The van der Waals surface area contributed by atoms with Crippen LogP contribution in [0.3, 0.4) is 0 Å². The third kappa shape index (κ3) is 5.47. The van der Waals surface area contributed by atoms with Crippen molar-refractivity contribution < 1.29 is 5.11 Å². The van der Waals surface area contributed by atoms with Gasteiger partial charge in [-0.15, -0.1) is 0 Å². The van der Waals surface area contributed by atoms with E-state index in [2.05, 4.69) is 6.07 Å². The molecule has 0 atom stereocenters. The molecule has 0 radical (unpaired) electrons. The summed E-state index contributed by atoms with van der Waals surface area (Å²) in [6.45, 7) is 0. The Morgan fingerprint density at radius 3 is 1.93 bits per heavy atom. The first kappa shape index (κ1) is 12.1. The van der Waals surface area contributed by atoms with Crippen LogP contribution in [0, 0.1) is 0 Å². The van der Waals surface area contributed by atoms with Gasteiger partial charge in [-0.3, -0.25) is 0 Å². The van der Waals surface area contributed by atoms with E-state index in [1.807, 2.05) is 24.3 Å². The Hall–Kier alpha value is -0.960. The number of phenolic OH excluding ortho intramolecular Hbond substituents is 1. The Balaban J connectivity index is 0.000000151. The molecule has 2 rings (SSSR count). The first-order valence-electron chi connectivity index (χ1n) is 4.74. The molecule has 72 valence electrons. The minimum atomic E-state index is 0.322. The smallest absolute Gasteiger partial charge is 0.115 e. The summed E-state index contributed by atoms with van der Waals surface area (Å²) in [5.74, 6) is 0.322. The van der Waals surface area contributed by atoms with Gasteiger partial charge in [0.25, 0.3) is 0 Å². The summed E-state index contributed by atoms with van der Waals surface area (Å²) in [7, 11) is 0. The summed E-state index contributed by atoms with van der Waals surface area (Å²) in [6.07, 6.45) is 0. The van der Waals surface area contributed by atoms with Gasteiger partial charge in [0.1, 0.15) is 5.75 Å². The minimum Gasteiger partial charge on any atom is -0.508 e. The van der Waals surface area contributed by atoms with Crippen molar-refractivity contribution in [3.63, 3.8) is 0 Å². The van der Waals surface area contributed by atoms with Crippen LogP contribution in [0.2, 0.25) is 0 Å². The topological polar surface area (TPSA) is 46.2 Å². The number of phenols is 1. The van der Waals surface area contributed by atoms with Crippen LogP contribution < -0.4 is 8.55 Å². The van der Waals surface area contributed by atoms with Crippen LogP contribution in [-0.4, -0.2) is 33.0 Å². The first-order chi connectivity index (χ1) is 7.18. The number of hydrogen-bond acceptors (Lipinski definition) is 2. The summed E-state index contributed by atoms with van der Waals surface area (Å²) in [5.41, 5.74) is 6.35. The maximum Gasteiger partial charge on any atom is 0.115 e. The van der Waals surface area contributed by atoms with E-state index in [-0.39, 0.29) is 0 Å². The second-order valence-corrected chi connectivity index (χ2v) is 4.40. The van der Waals surface area contributed by atoms with Crippen LogP contribution in [0.4, 0.5) is 5.69 Å². The minimum absolute atomic E-state index is 0.322. The molecular weight excluding hydrogens is 197 g/mol. The summed E-state index contributed by atoms with van der Waals surface area (Å²) < 4.78 is 1.35. The van der Waals surface area contributed by atoms with Crippen LogP contribution >= 0.6 is 0 Å². The van der Waals surface area contributed by atoms with Gasteiger partial charge in [-0.25, -0.2) is 0 Å². The zero-order chi connectivity index (χ0) is 11.1. The molecule has 0 amide bonds. The van der Waals surface area contributed by atoms with Gasteiger partial charge in [0.2, 0.25) is 0 Å². The number of benzene rings is 2. The molecule has 0 saturated carbocycles. The van der Waals surface area contributed by atoms with Gasteiger partial charge in [-0.1, -0.05) is 18.2 Å². The second kappa shape index (κ2) is 6.51. The molecule has 15 heavy (non-hydrogen) atoms. The van der Waals surface area contributed by atoms with Gasteiger partial charge in [0.15, 0.2) is 0 Å². The van der Waals surface area contributed by atoms with Gasteiger partial charge in [0, 0.05) is 0 Å². The van der Waals surface area contributed by atoms with E-state index >= 15 is 0 Å². The van der Waals surface area contributed by atoms with Crippen molar-refractivity contribution in [2.75, 3.05) is 5.73 Å². The van der Waals surface area contributed by atoms with Crippen molar-refractivity contribution in [1.82, 2.24) is 0 Å². The molecule has 0 unspecified atom stereocenters. The Kier molecular flexibility index (Phi) is 5.26. The standard InChI is InChI=1S/C6H6N.C6H6O.Na/c2*7-6-4-2-1-3-5-6;/h1-2,4-5H,7H2;1-5,7H;. The number of para-hydroxylation sites is 1. The first-order valence-corrected chi connectivity index (χ1v) is 5.74. The molecule has 2 nitrogen and oxygen atoms in total. The van der Waals surface area contributed by atoms with E-state index in [1.165, 1.54) is 2.81 Å². The fourth-order valence-corrected chi connectivity index (χ4v) is 1.62. The van der Waals surface area contributed by atoms with Crippen molar-refractivity contribution in [2.24, 2.45) is 0 Å². The Labute approximate surface area is 107 Å². The summed E-state index contributed by atoms with van der Waals surface area (Å²) >= 11 is 1.09. The molecule has 0 bridgehead atoms. The number of anilines is 1. The van der Waals surface area contributed by atoms with Crippen LogP contribution in [-0.2, 0) is 0 Å². The molecule has 0 aliphatic carbocycles. The molecule has 2 aromatic carbocycles. The molecule has 2 aromatic rings. The monoisotopic (exact) mass is 209 g/mol. The quantitative estimate of drug-likeness (QED) is 0.509. The van der Waals surface area contributed by atoms with Gasteiger partial charge in [-0.05, 0) is 12.1 Å². The molecule has 3 N–H and O–H groups in total. The molecule has 0 aromatic heterocycles. The molecular formula is C12H12NNaO. The summed E-state index contributed by atoms with van der Waals surface area (Å²) in [5, 5.41) is 8.63. The number of nitrogen functional groups attached to an aromatic ring is 1. The largest absolute Gasteiger partial charge is 0.508 e. The van der Waals surface area contributed by atoms with E-state index < -0.39 is 0 Å². The van der Waals surface area contributed by atoms with Crippen LogP contribution in [0.1, 0.15) is 0 Å². The summed E-state index contributed by atoms with van der Waals surface area (Å²) in [6, 6.07) is 16.7. The van der Waals surface area contributed by atoms with E-state index in [9.17, 15) is 0 Å². The molecule has 0 aliphatic heterocycles. The number of nitrogens with two attached hydrogens (primary N) is 1. The van der Waals surface area contributed by atoms with Gasteiger partial charge in [-0.2, -0.15) is 0 Å². The van der Waals surface area contributed by atoms with E-state index in [0.29, 0.717) is 5.75 Å². The molecule has 0 aliphatic rings. The fraction of sp³-hybridized carbons (Fsp3) is 0. The van der Waals surface area contributed by atoms with E-state index in [4.69, 9.17) is 10.8 Å². The molecule has 3 heteroatoms. The fourth-order valence-electron chi connectivity index (χ4n) is 1.10. The van der Waals surface area contributed by atoms with Crippen molar-refractivity contribution >= 4 is 36.4 Å². The van der Waals surface area contributed by atoms with E-state index in [0.717, 1.165) is 33.6 Å². The average Bonchev–Trinajstić information content (AvgIpc) is 2.19. The van der Waals surface area contributed by atoms with Crippen LogP contribution in [0.5, 0.6) is 5.75 Å². The van der Waals surface area contributed by atoms with Crippen molar-refractivity contribution in [3.8, 4) is 5.75 Å². The normalized spacial score (nSPS) is 8.93. The third-order valence-corrected chi connectivity index (χ3v) is 2.42. The molecule has 0 saturated heterocycles. The van der Waals surface area contributed by atoms with Crippen LogP contribution in [0.15, 0.2) is 54.6 Å². The summed E-state index contributed by atoms with van der Waals surface area (Å²) in [4.78, 5) is 0. The molecule has 0 heterocycles. The number of rotatable bonds is 0. The van der Waals surface area contributed by atoms with E-state index in [1.54, 1.807) is 24.3 Å². The van der Waals surface area contributed by atoms with Crippen molar-refractivity contribution in [2.45, 2.75) is 0 Å². The Morgan fingerprint density at radius 2 is 1.60 bits per heavy atom. The predicted octanol–water partition coefficient (Wildman–Crippen LogP) is 1.45. The third-order valence-electron chi connectivity index (χ3n) is 1.80. The molecule has 0 spiro atoms. The molecule has 0 fully saturated rings. The van der Waals surface area contributed by atoms with Gasteiger partial charge < -0.3 is 5.11 Å². The Morgan fingerprint density at radius 1 is 0.933 bits per heavy atom. The van der Waals surface area contributed by atoms with Crippen molar-refractivity contribution in [3.05, 3.63) is 54.6 Å². The number of aromatic hydroxyl groups is 1. The Bertz CT molecular complexity index is 386. The SMILES string of the molecule is Nc1ccc[c]([Na])c1.Oc1ccccc1. The van der Waals surface area contributed by atoms with Gasteiger partial charge in [0.05, 0.1) is 0 Å². The second-order valence-electron chi connectivity index (χ2n) is 3.25.